The second-order valence-electron chi connectivity index (χ2n) is 6.77. The molecule has 3 aromatic carbocycles. The zero-order valence-electron chi connectivity index (χ0n) is 15.3. The fourth-order valence-electron chi connectivity index (χ4n) is 3.35. The Morgan fingerprint density at radius 1 is 0.741 bits per heavy atom. The van der Waals surface area contributed by atoms with Crippen molar-refractivity contribution in [2.24, 2.45) is 0 Å². The predicted molar refractivity (Wildman–Crippen MR) is 110 cm³/mol. The summed E-state index contributed by atoms with van der Waals surface area (Å²) >= 11 is 0. The number of benzene rings is 3. The molecule has 0 saturated heterocycles. The smallest absolute Gasteiger partial charge is 0.0832 e. The number of hydrogen-bond acceptors (Lipinski definition) is 2. The van der Waals surface area contributed by atoms with Crippen molar-refractivity contribution in [2.45, 2.75) is 25.6 Å². The summed E-state index contributed by atoms with van der Waals surface area (Å²) in [6.07, 6.45) is 3.82. The van der Waals surface area contributed by atoms with Crippen LogP contribution in [0.1, 0.15) is 29.2 Å². The summed E-state index contributed by atoms with van der Waals surface area (Å²) in [4.78, 5) is 4.43. The van der Waals surface area contributed by atoms with E-state index >= 15 is 0 Å². The van der Waals surface area contributed by atoms with Gasteiger partial charge in [0.05, 0.1) is 18.2 Å². The van der Waals surface area contributed by atoms with E-state index in [0.29, 0.717) is 6.61 Å². The molecule has 1 heterocycles. The van der Waals surface area contributed by atoms with Crippen LogP contribution in [0, 0.1) is 0 Å². The van der Waals surface area contributed by atoms with E-state index in [-0.39, 0.29) is 6.10 Å². The number of hydrogen-bond donors (Lipinski definition) is 0. The molecule has 0 saturated carbocycles. The number of aryl methyl sites for hydroxylation is 1. The van der Waals surface area contributed by atoms with Crippen LogP contribution in [-0.4, -0.2) is 4.98 Å². The van der Waals surface area contributed by atoms with Crippen LogP contribution in [-0.2, 0) is 17.8 Å². The van der Waals surface area contributed by atoms with E-state index in [4.69, 9.17) is 4.74 Å². The molecule has 4 aromatic rings. The van der Waals surface area contributed by atoms with Crippen LogP contribution in [0.25, 0.3) is 10.9 Å². The molecule has 0 aliphatic heterocycles. The zero-order valence-corrected chi connectivity index (χ0v) is 15.3. The highest BCUT2D eigenvalue weighted by atomic mass is 16.5. The Bertz CT molecular complexity index is 939. The predicted octanol–water partition coefficient (Wildman–Crippen LogP) is 6.13. The highest BCUT2D eigenvalue weighted by Crippen LogP contribution is 2.27. The molecule has 134 valence electrons. The van der Waals surface area contributed by atoms with E-state index < -0.39 is 0 Å². The van der Waals surface area contributed by atoms with Gasteiger partial charge in [0, 0.05) is 11.6 Å². The minimum absolute atomic E-state index is 0.0509. The topological polar surface area (TPSA) is 22.1 Å². The summed E-state index contributed by atoms with van der Waals surface area (Å²) < 4.78 is 6.36. The molecular weight excluding hydrogens is 330 g/mol. The zero-order chi connectivity index (χ0) is 18.3. The van der Waals surface area contributed by atoms with E-state index in [1.807, 2.05) is 18.3 Å². The van der Waals surface area contributed by atoms with Crippen molar-refractivity contribution in [1.29, 1.82) is 0 Å². The van der Waals surface area contributed by atoms with Gasteiger partial charge in [-0.1, -0.05) is 72.8 Å². The molecule has 1 unspecified atom stereocenters. The van der Waals surface area contributed by atoms with Crippen molar-refractivity contribution in [3.8, 4) is 0 Å². The second-order valence-corrected chi connectivity index (χ2v) is 6.77. The van der Waals surface area contributed by atoms with Crippen molar-refractivity contribution >= 4 is 10.9 Å². The van der Waals surface area contributed by atoms with Gasteiger partial charge in [-0.05, 0) is 47.7 Å². The molecule has 0 spiro atoms. The van der Waals surface area contributed by atoms with Gasteiger partial charge in [-0.15, -0.1) is 0 Å². The molecule has 1 atom stereocenters. The monoisotopic (exact) mass is 353 g/mol. The maximum absolute atomic E-state index is 6.36. The van der Waals surface area contributed by atoms with Crippen LogP contribution in [0.3, 0.4) is 0 Å². The molecule has 0 N–H and O–H groups in total. The Balaban J connectivity index is 1.55. The van der Waals surface area contributed by atoms with Crippen molar-refractivity contribution in [3.05, 3.63) is 114 Å². The highest BCUT2D eigenvalue weighted by molar-refractivity contribution is 5.79. The Morgan fingerprint density at radius 3 is 2.26 bits per heavy atom. The summed E-state index contributed by atoms with van der Waals surface area (Å²) in [5.41, 5.74) is 4.77. The molecule has 0 radical (unpaired) electrons. The maximum Gasteiger partial charge on any atom is 0.0832 e. The summed E-state index contributed by atoms with van der Waals surface area (Å²) in [6, 6.07) is 31.5. The van der Waals surface area contributed by atoms with E-state index in [1.54, 1.807) is 0 Å². The van der Waals surface area contributed by atoms with Gasteiger partial charge >= 0.3 is 0 Å². The first-order chi connectivity index (χ1) is 13.4. The van der Waals surface area contributed by atoms with Crippen LogP contribution in [0.4, 0.5) is 0 Å². The molecule has 4 rings (SSSR count). The van der Waals surface area contributed by atoms with Crippen LogP contribution in [0.5, 0.6) is 0 Å². The molecular formula is C25H23NO. The van der Waals surface area contributed by atoms with Gasteiger partial charge in [-0.2, -0.15) is 0 Å². The van der Waals surface area contributed by atoms with E-state index in [2.05, 4.69) is 83.8 Å². The first kappa shape index (κ1) is 17.4. The standard InChI is InChI=1S/C25H23NO/c1-3-8-20(9-4-1)13-16-25(27-19-21-10-5-2-6-11-21)23-14-15-24-22(18-23)12-7-17-26-24/h1-12,14-15,17-18,25H,13,16,19H2. The normalized spacial score (nSPS) is 12.1. The van der Waals surface area contributed by atoms with Crippen LogP contribution in [0.15, 0.2) is 97.2 Å². The lowest BCUT2D eigenvalue weighted by Crippen LogP contribution is -2.06. The van der Waals surface area contributed by atoms with Crippen LogP contribution < -0.4 is 0 Å². The van der Waals surface area contributed by atoms with Crippen molar-refractivity contribution in [2.75, 3.05) is 0 Å². The molecule has 0 fully saturated rings. The summed E-state index contributed by atoms with van der Waals surface area (Å²) in [6.45, 7) is 0.616. The molecule has 2 heteroatoms. The van der Waals surface area contributed by atoms with Crippen LogP contribution >= 0.6 is 0 Å². The minimum atomic E-state index is 0.0509. The van der Waals surface area contributed by atoms with Crippen LogP contribution in [0.2, 0.25) is 0 Å². The second kappa shape index (κ2) is 8.61. The van der Waals surface area contributed by atoms with Crippen molar-refractivity contribution in [3.63, 3.8) is 0 Å². The molecule has 1 aromatic heterocycles. The third-order valence-electron chi connectivity index (χ3n) is 4.83. The van der Waals surface area contributed by atoms with E-state index in [1.165, 1.54) is 16.7 Å². The lowest BCUT2D eigenvalue weighted by atomic mass is 9.99. The van der Waals surface area contributed by atoms with Crippen molar-refractivity contribution in [1.82, 2.24) is 4.98 Å². The summed E-state index contributed by atoms with van der Waals surface area (Å²) in [7, 11) is 0. The Labute approximate surface area is 160 Å². The Hall–Kier alpha value is -2.97. The Kier molecular flexibility index (Phi) is 5.56. The lowest BCUT2D eigenvalue weighted by Gasteiger charge is -2.19. The molecule has 27 heavy (non-hydrogen) atoms. The average Bonchev–Trinajstić information content (AvgIpc) is 2.75. The Morgan fingerprint density at radius 2 is 1.48 bits per heavy atom. The lowest BCUT2D eigenvalue weighted by molar-refractivity contribution is 0.0341. The average molecular weight is 353 g/mol. The summed E-state index contributed by atoms with van der Waals surface area (Å²) in [5.74, 6) is 0. The van der Waals surface area contributed by atoms with Gasteiger partial charge in [0.2, 0.25) is 0 Å². The molecule has 0 aliphatic rings. The largest absolute Gasteiger partial charge is 0.369 e. The quantitative estimate of drug-likeness (QED) is 0.399. The number of nitrogens with zero attached hydrogens (tertiary/aromatic N) is 1. The highest BCUT2D eigenvalue weighted by Gasteiger charge is 2.13. The molecule has 2 nitrogen and oxygen atoms in total. The SMILES string of the molecule is c1ccc(CCC(OCc2ccccc2)c2ccc3ncccc3c2)cc1. The fraction of sp³-hybridized carbons (Fsp3) is 0.160. The van der Waals surface area contributed by atoms with Gasteiger partial charge in [0.15, 0.2) is 0 Å². The van der Waals surface area contributed by atoms with E-state index in [9.17, 15) is 0 Å². The molecule has 0 aliphatic carbocycles. The summed E-state index contributed by atoms with van der Waals surface area (Å²) in [5, 5.41) is 1.16. The van der Waals surface area contributed by atoms with Gasteiger partial charge in [0.25, 0.3) is 0 Å². The van der Waals surface area contributed by atoms with Crippen molar-refractivity contribution < 1.29 is 4.74 Å². The number of aromatic nitrogens is 1. The van der Waals surface area contributed by atoms with E-state index in [0.717, 1.165) is 23.7 Å². The van der Waals surface area contributed by atoms with Gasteiger partial charge in [-0.25, -0.2) is 0 Å². The van der Waals surface area contributed by atoms with Gasteiger partial charge < -0.3 is 4.74 Å². The molecule has 0 bridgehead atoms. The minimum Gasteiger partial charge on any atom is -0.369 e. The van der Waals surface area contributed by atoms with Gasteiger partial charge in [-0.3, -0.25) is 4.98 Å². The first-order valence-corrected chi connectivity index (χ1v) is 9.42. The third kappa shape index (κ3) is 4.60. The number of rotatable bonds is 7. The first-order valence-electron chi connectivity index (χ1n) is 9.42. The number of ether oxygens (including phenoxy) is 1. The third-order valence-corrected chi connectivity index (χ3v) is 4.83. The maximum atomic E-state index is 6.36. The fourth-order valence-corrected chi connectivity index (χ4v) is 3.35. The van der Waals surface area contributed by atoms with Gasteiger partial charge in [0.1, 0.15) is 0 Å². The number of pyridine rings is 1. The molecule has 0 amide bonds. The number of fused-ring (bicyclic) bond motifs is 1.